The Morgan fingerprint density at radius 2 is 1.07 bits per heavy atom. The molecule has 0 saturated carbocycles. The zero-order valence-electron chi connectivity index (χ0n) is 15.8. The van der Waals surface area contributed by atoms with Crippen LogP contribution in [0.4, 0.5) is 0 Å². The summed E-state index contributed by atoms with van der Waals surface area (Å²) < 4.78 is 6.43. The summed E-state index contributed by atoms with van der Waals surface area (Å²) in [6, 6.07) is 17.0. The molecule has 29 heavy (non-hydrogen) atoms. The molecule has 4 heterocycles. The van der Waals surface area contributed by atoms with Gasteiger partial charge in [-0.05, 0) is 47.6 Å². The number of hydrogen-bond acceptors (Lipinski definition) is 3. The molecule has 0 saturated heterocycles. The first-order chi connectivity index (χ1) is 14.3. The lowest BCUT2D eigenvalue weighted by Crippen LogP contribution is -2.26. The van der Waals surface area contributed by atoms with E-state index in [4.69, 9.17) is 4.74 Å². The van der Waals surface area contributed by atoms with E-state index in [-0.39, 0.29) is 12.2 Å². The van der Waals surface area contributed by atoms with Crippen molar-refractivity contribution >= 4 is 23.5 Å². The summed E-state index contributed by atoms with van der Waals surface area (Å²) in [6.45, 7) is 0. The van der Waals surface area contributed by atoms with Crippen LogP contribution in [-0.4, -0.2) is 22.0 Å². The highest BCUT2D eigenvalue weighted by atomic mass is 16.5. The Bertz CT molecular complexity index is 1070. The van der Waals surface area contributed by atoms with Crippen molar-refractivity contribution in [2.75, 3.05) is 0 Å². The van der Waals surface area contributed by atoms with Crippen LogP contribution in [0, 0.1) is 0 Å². The van der Waals surface area contributed by atoms with Gasteiger partial charge in [-0.2, -0.15) is 0 Å². The molecule has 0 aromatic heterocycles. The number of benzene rings is 2. The first-order valence-corrected chi connectivity index (χ1v) is 9.93. The van der Waals surface area contributed by atoms with Gasteiger partial charge < -0.3 is 14.5 Å². The highest BCUT2D eigenvalue weighted by Crippen LogP contribution is 2.35. The molecule has 0 amide bonds. The minimum absolute atomic E-state index is 0.0757. The van der Waals surface area contributed by atoms with Crippen molar-refractivity contribution in [1.82, 2.24) is 9.80 Å². The smallest absolute Gasteiger partial charge is 0.0990 e. The third kappa shape index (κ3) is 2.79. The second-order valence-corrected chi connectivity index (χ2v) is 7.47. The van der Waals surface area contributed by atoms with Crippen molar-refractivity contribution in [3.05, 3.63) is 120 Å². The third-order valence-corrected chi connectivity index (χ3v) is 5.69. The van der Waals surface area contributed by atoms with Crippen molar-refractivity contribution in [1.29, 1.82) is 0 Å². The summed E-state index contributed by atoms with van der Waals surface area (Å²) in [5.41, 5.74) is 7.31. The van der Waals surface area contributed by atoms with Gasteiger partial charge in [0.05, 0.1) is 23.6 Å². The fourth-order valence-electron chi connectivity index (χ4n) is 4.25. The highest BCUT2D eigenvalue weighted by molar-refractivity contribution is 5.80. The number of ether oxygens (including phenoxy) is 1. The van der Waals surface area contributed by atoms with Crippen LogP contribution in [0.15, 0.2) is 97.6 Å². The SMILES string of the molecule is C1=CN2C=CC(OC3C=CN4C=Cc5ccccc5C4=C3)C=C2c2ccccc21. The van der Waals surface area contributed by atoms with Gasteiger partial charge >= 0.3 is 0 Å². The first kappa shape index (κ1) is 16.4. The van der Waals surface area contributed by atoms with Crippen molar-refractivity contribution < 1.29 is 4.74 Å². The third-order valence-electron chi connectivity index (χ3n) is 5.69. The zero-order valence-corrected chi connectivity index (χ0v) is 15.8. The highest BCUT2D eigenvalue weighted by Gasteiger charge is 2.24. The summed E-state index contributed by atoms with van der Waals surface area (Å²) in [5.74, 6) is 0. The lowest BCUT2D eigenvalue weighted by Gasteiger charge is -2.33. The number of hydrogen-bond donors (Lipinski definition) is 0. The van der Waals surface area contributed by atoms with Crippen LogP contribution in [0.3, 0.4) is 0 Å². The molecule has 0 N–H and O–H groups in total. The Morgan fingerprint density at radius 1 is 0.586 bits per heavy atom. The normalized spacial score (nSPS) is 23.0. The standard InChI is InChI=1S/C26H20N2O/c1-3-7-23-19(5-1)9-13-27-15-11-21(17-25(23)27)29-22-12-16-28-14-10-20-6-2-4-8-24(20)26(28)18-22/h1-18,21-22H. The molecule has 0 aliphatic carbocycles. The van der Waals surface area contributed by atoms with E-state index in [1.165, 1.54) is 33.6 Å². The Balaban J connectivity index is 1.29. The summed E-state index contributed by atoms with van der Waals surface area (Å²) in [7, 11) is 0. The molecule has 3 heteroatoms. The lowest BCUT2D eigenvalue weighted by atomic mass is 9.97. The van der Waals surface area contributed by atoms with E-state index in [0.29, 0.717) is 0 Å². The quantitative estimate of drug-likeness (QED) is 0.693. The number of fused-ring (bicyclic) bond motifs is 6. The van der Waals surface area contributed by atoms with Gasteiger partial charge in [-0.3, -0.25) is 0 Å². The van der Waals surface area contributed by atoms with Gasteiger partial charge in [0.15, 0.2) is 0 Å². The van der Waals surface area contributed by atoms with Gasteiger partial charge in [0.25, 0.3) is 0 Å². The Morgan fingerprint density at radius 3 is 1.59 bits per heavy atom. The van der Waals surface area contributed by atoms with Gasteiger partial charge in [-0.25, -0.2) is 0 Å². The summed E-state index contributed by atoms with van der Waals surface area (Å²) >= 11 is 0. The van der Waals surface area contributed by atoms with Crippen molar-refractivity contribution in [3.8, 4) is 0 Å². The van der Waals surface area contributed by atoms with Crippen LogP contribution in [0.1, 0.15) is 22.3 Å². The molecule has 140 valence electrons. The molecule has 0 bridgehead atoms. The molecular weight excluding hydrogens is 356 g/mol. The molecule has 4 aliphatic rings. The molecule has 6 rings (SSSR count). The molecule has 2 atom stereocenters. The number of nitrogens with zero attached hydrogens (tertiary/aromatic N) is 2. The van der Waals surface area contributed by atoms with E-state index in [0.717, 1.165) is 0 Å². The van der Waals surface area contributed by atoms with Gasteiger partial charge in [0.2, 0.25) is 0 Å². The van der Waals surface area contributed by atoms with E-state index in [2.05, 4.69) is 120 Å². The van der Waals surface area contributed by atoms with Crippen LogP contribution in [0.25, 0.3) is 23.5 Å². The fourth-order valence-corrected chi connectivity index (χ4v) is 4.25. The second-order valence-electron chi connectivity index (χ2n) is 7.47. The van der Waals surface area contributed by atoms with Gasteiger partial charge in [-0.15, -0.1) is 0 Å². The molecule has 2 aromatic carbocycles. The van der Waals surface area contributed by atoms with Crippen LogP contribution in [0.5, 0.6) is 0 Å². The minimum Gasteiger partial charge on any atom is -0.358 e. The maximum absolute atomic E-state index is 6.43. The van der Waals surface area contributed by atoms with Crippen molar-refractivity contribution in [3.63, 3.8) is 0 Å². The largest absolute Gasteiger partial charge is 0.358 e. The predicted octanol–water partition coefficient (Wildman–Crippen LogP) is 5.45. The maximum atomic E-state index is 6.43. The Labute approximate surface area is 170 Å². The topological polar surface area (TPSA) is 15.7 Å². The molecule has 4 aliphatic heterocycles. The van der Waals surface area contributed by atoms with E-state index in [1.54, 1.807) is 0 Å². The van der Waals surface area contributed by atoms with Gasteiger partial charge in [0, 0.05) is 35.9 Å². The fraction of sp³-hybridized carbons (Fsp3) is 0.0769. The van der Waals surface area contributed by atoms with Crippen LogP contribution >= 0.6 is 0 Å². The van der Waals surface area contributed by atoms with Gasteiger partial charge in [0.1, 0.15) is 0 Å². The van der Waals surface area contributed by atoms with Crippen LogP contribution in [0.2, 0.25) is 0 Å². The Kier molecular flexibility index (Phi) is 3.68. The summed E-state index contributed by atoms with van der Waals surface area (Å²) in [4.78, 5) is 4.31. The Hall–Kier alpha value is -3.56. The van der Waals surface area contributed by atoms with Crippen LogP contribution in [-0.2, 0) is 4.74 Å². The molecule has 2 aromatic rings. The van der Waals surface area contributed by atoms with E-state index in [9.17, 15) is 0 Å². The minimum atomic E-state index is -0.0757. The van der Waals surface area contributed by atoms with E-state index >= 15 is 0 Å². The van der Waals surface area contributed by atoms with E-state index in [1.807, 2.05) is 0 Å². The second kappa shape index (κ2) is 6.50. The predicted molar refractivity (Wildman–Crippen MR) is 118 cm³/mol. The molecule has 0 fully saturated rings. The van der Waals surface area contributed by atoms with Crippen molar-refractivity contribution in [2.45, 2.75) is 12.2 Å². The van der Waals surface area contributed by atoms with Crippen LogP contribution < -0.4 is 0 Å². The number of rotatable bonds is 2. The first-order valence-electron chi connectivity index (χ1n) is 9.93. The average Bonchev–Trinajstić information content (AvgIpc) is 2.79. The zero-order chi connectivity index (χ0) is 19.2. The maximum Gasteiger partial charge on any atom is 0.0990 e. The average molecular weight is 376 g/mol. The summed E-state index contributed by atoms with van der Waals surface area (Å²) in [5, 5.41) is 0. The molecule has 2 unspecified atom stereocenters. The molecule has 3 nitrogen and oxygen atoms in total. The molecular formula is C26H20N2O. The lowest BCUT2D eigenvalue weighted by molar-refractivity contribution is 0.0927. The van der Waals surface area contributed by atoms with Gasteiger partial charge in [-0.1, -0.05) is 48.5 Å². The monoisotopic (exact) mass is 376 g/mol. The van der Waals surface area contributed by atoms with Crippen molar-refractivity contribution in [2.24, 2.45) is 0 Å². The van der Waals surface area contributed by atoms with E-state index < -0.39 is 0 Å². The molecule has 0 spiro atoms. The summed E-state index contributed by atoms with van der Waals surface area (Å²) in [6.07, 6.45) is 21.2. The molecule has 0 radical (unpaired) electrons.